The molecule has 8 heteroatoms. The van der Waals surface area contributed by atoms with Gasteiger partial charge in [0.05, 0.1) is 16.7 Å². The van der Waals surface area contributed by atoms with Crippen LogP contribution in [0.5, 0.6) is 0 Å². The van der Waals surface area contributed by atoms with Gasteiger partial charge < -0.3 is 10.8 Å². The molecule has 2 aromatic rings. The monoisotopic (exact) mass is 346 g/mol. The molecule has 2 rings (SSSR count). The fourth-order valence-electron chi connectivity index (χ4n) is 1.72. The highest BCUT2D eigenvalue weighted by molar-refractivity contribution is 7.93. The molecule has 4 N–H and O–H groups in total. The number of hydrogen-bond donors (Lipinski definition) is 3. The molecule has 0 aliphatic heterocycles. The number of nitrogen functional groups attached to an aromatic ring is 1. The fraction of sp³-hybridized carbons (Fsp3) is 0.0769. The number of halogens is 2. The second-order valence-corrected chi connectivity index (χ2v) is 6.71. The molecular formula is C13H12Cl2N2O3S. The summed E-state index contributed by atoms with van der Waals surface area (Å²) in [6, 6.07) is 8.90. The van der Waals surface area contributed by atoms with Gasteiger partial charge in [0.25, 0.3) is 10.0 Å². The van der Waals surface area contributed by atoms with Crippen molar-refractivity contribution in [2.24, 2.45) is 0 Å². The van der Waals surface area contributed by atoms with Crippen molar-refractivity contribution in [1.29, 1.82) is 0 Å². The third-order valence-electron chi connectivity index (χ3n) is 2.68. The van der Waals surface area contributed by atoms with Gasteiger partial charge in [-0.3, -0.25) is 4.72 Å². The lowest BCUT2D eigenvalue weighted by Gasteiger charge is -2.12. The first-order valence-corrected chi connectivity index (χ1v) is 8.04. The Kier molecular flexibility index (Phi) is 4.63. The summed E-state index contributed by atoms with van der Waals surface area (Å²) >= 11 is 11.8. The third kappa shape index (κ3) is 3.59. The Morgan fingerprint density at radius 1 is 1.10 bits per heavy atom. The van der Waals surface area contributed by atoms with Gasteiger partial charge in [0.2, 0.25) is 0 Å². The van der Waals surface area contributed by atoms with Gasteiger partial charge in [-0.1, -0.05) is 35.3 Å². The van der Waals surface area contributed by atoms with Crippen molar-refractivity contribution >= 4 is 44.6 Å². The molecule has 5 nitrogen and oxygen atoms in total. The van der Waals surface area contributed by atoms with E-state index in [9.17, 15) is 8.42 Å². The maximum absolute atomic E-state index is 12.3. The second-order valence-electron chi connectivity index (χ2n) is 4.27. The van der Waals surface area contributed by atoms with E-state index in [2.05, 4.69) is 4.72 Å². The number of nitrogens with two attached hydrogens (primary N) is 1. The predicted molar refractivity (Wildman–Crippen MR) is 84.0 cm³/mol. The van der Waals surface area contributed by atoms with Crippen LogP contribution in [0.1, 0.15) is 5.56 Å². The number of rotatable bonds is 4. The van der Waals surface area contributed by atoms with E-state index in [1.54, 1.807) is 12.1 Å². The van der Waals surface area contributed by atoms with E-state index in [1.807, 2.05) is 0 Å². The lowest BCUT2D eigenvalue weighted by atomic mass is 10.2. The fourth-order valence-corrected chi connectivity index (χ4v) is 4.01. The molecule has 0 aromatic heterocycles. The average molecular weight is 347 g/mol. The summed E-state index contributed by atoms with van der Waals surface area (Å²) in [5, 5.41) is 8.84. The van der Waals surface area contributed by atoms with Gasteiger partial charge in [-0.05, 0) is 29.8 Å². The highest BCUT2D eigenvalue weighted by Crippen LogP contribution is 2.33. The van der Waals surface area contributed by atoms with E-state index in [1.165, 1.54) is 24.3 Å². The van der Waals surface area contributed by atoms with Gasteiger partial charge in [0, 0.05) is 11.4 Å². The summed E-state index contributed by atoms with van der Waals surface area (Å²) < 4.78 is 27.0. The Labute approximate surface area is 132 Å². The summed E-state index contributed by atoms with van der Waals surface area (Å²) in [7, 11) is -3.94. The van der Waals surface area contributed by atoms with Crippen molar-refractivity contribution in [3.63, 3.8) is 0 Å². The molecule has 0 fully saturated rings. The van der Waals surface area contributed by atoms with Crippen LogP contribution in [0, 0.1) is 0 Å². The maximum atomic E-state index is 12.3. The number of sulfonamides is 1. The smallest absolute Gasteiger partial charge is 0.264 e. The van der Waals surface area contributed by atoms with Gasteiger partial charge in [-0.2, -0.15) is 0 Å². The minimum atomic E-state index is -3.94. The maximum Gasteiger partial charge on any atom is 0.264 e. The summed E-state index contributed by atoms with van der Waals surface area (Å²) in [6.07, 6.45) is 0. The molecule has 0 saturated heterocycles. The van der Waals surface area contributed by atoms with Crippen molar-refractivity contribution in [3.05, 3.63) is 52.0 Å². The lowest BCUT2D eigenvalue weighted by Crippen LogP contribution is -2.14. The first-order chi connectivity index (χ1) is 9.83. The average Bonchev–Trinajstić information content (AvgIpc) is 2.37. The van der Waals surface area contributed by atoms with E-state index in [0.29, 0.717) is 11.3 Å². The summed E-state index contributed by atoms with van der Waals surface area (Å²) in [5.74, 6) is 0. The summed E-state index contributed by atoms with van der Waals surface area (Å²) in [6.45, 7) is -0.122. The van der Waals surface area contributed by atoms with Gasteiger partial charge in [0.15, 0.2) is 0 Å². The minimum Gasteiger partial charge on any atom is -0.399 e. The largest absolute Gasteiger partial charge is 0.399 e. The number of aliphatic hydroxyl groups excluding tert-OH is 1. The Balaban J connectivity index is 2.38. The van der Waals surface area contributed by atoms with Crippen LogP contribution in [0.2, 0.25) is 10.0 Å². The van der Waals surface area contributed by atoms with Crippen molar-refractivity contribution in [2.75, 3.05) is 10.5 Å². The molecule has 0 unspecified atom stereocenters. The topological polar surface area (TPSA) is 92.4 Å². The zero-order valence-electron chi connectivity index (χ0n) is 10.7. The Morgan fingerprint density at radius 2 is 1.62 bits per heavy atom. The molecule has 0 bridgehead atoms. The highest BCUT2D eigenvalue weighted by Gasteiger charge is 2.22. The minimum absolute atomic E-state index is 0.0560. The van der Waals surface area contributed by atoms with Gasteiger partial charge >= 0.3 is 0 Å². The second kappa shape index (κ2) is 6.11. The SMILES string of the molecule is Nc1cc(Cl)c(S(=O)(=O)Nc2ccc(CO)cc2)c(Cl)c1. The molecule has 0 atom stereocenters. The molecule has 112 valence electrons. The standard InChI is InChI=1S/C13H12Cl2N2O3S/c14-11-5-9(16)6-12(15)13(11)21(19,20)17-10-3-1-8(7-18)2-4-10/h1-6,17-18H,7,16H2. The molecule has 0 spiro atoms. The van der Waals surface area contributed by atoms with Crippen molar-refractivity contribution in [1.82, 2.24) is 0 Å². The number of aliphatic hydroxyl groups is 1. The molecule has 0 saturated carbocycles. The van der Waals surface area contributed by atoms with Crippen LogP contribution in [0.4, 0.5) is 11.4 Å². The number of benzene rings is 2. The molecule has 21 heavy (non-hydrogen) atoms. The van der Waals surface area contributed by atoms with Crippen LogP contribution >= 0.6 is 23.2 Å². The molecule has 0 heterocycles. The normalized spacial score (nSPS) is 11.4. The van der Waals surface area contributed by atoms with Crippen LogP contribution < -0.4 is 10.5 Å². The van der Waals surface area contributed by atoms with E-state index in [4.69, 9.17) is 34.0 Å². The predicted octanol–water partition coefficient (Wildman–Crippen LogP) is 2.87. The van der Waals surface area contributed by atoms with E-state index >= 15 is 0 Å². The molecule has 2 aromatic carbocycles. The Hall–Kier alpha value is -1.47. The third-order valence-corrected chi connectivity index (χ3v) is 4.98. The van der Waals surface area contributed by atoms with Crippen LogP contribution in [0.15, 0.2) is 41.3 Å². The zero-order valence-corrected chi connectivity index (χ0v) is 13.0. The van der Waals surface area contributed by atoms with Gasteiger partial charge in [-0.15, -0.1) is 0 Å². The molecular weight excluding hydrogens is 335 g/mol. The summed E-state index contributed by atoms with van der Waals surface area (Å²) in [4.78, 5) is -0.230. The van der Waals surface area contributed by atoms with Crippen LogP contribution in [0.25, 0.3) is 0 Å². The Morgan fingerprint density at radius 3 is 2.10 bits per heavy atom. The van der Waals surface area contributed by atoms with E-state index in [0.717, 1.165) is 0 Å². The van der Waals surface area contributed by atoms with E-state index in [-0.39, 0.29) is 27.2 Å². The molecule has 0 radical (unpaired) electrons. The van der Waals surface area contributed by atoms with E-state index < -0.39 is 10.0 Å². The van der Waals surface area contributed by atoms with Crippen LogP contribution in [-0.2, 0) is 16.6 Å². The molecule has 0 aliphatic carbocycles. The van der Waals surface area contributed by atoms with Gasteiger partial charge in [0.1, 0.15) is 4.90 Å². The zero-order chi connectivity index (χ0) is 15.6. The quantitative estimate of drug-likeness (QED) is 0.742. The van der Waals surface area contributed by atoms with Crippen molar-refractivity contribution in [3.8, 4) is 0 Å². The first-order valence-electron chi connectivity index (χ1n) is 5.80. The van der Waals surface area contributed by atoms with Gasteiger partial charge in [-0.25, -0.2) is 8.42 Å². The van der Waals surface area contributed by atoms with Crippen molar-refractivity contribution in [2.45, 2.75) is 11.5 Å². The van der Waals surface area contributed by atoms with Crippen LogP contribution in [0.3, 0.4) is 0 Å². The molecule has 0 amide bonds. The highest BCUT2D eigenvalue weighted by atomic mass is 35.5. The van der Waals surface area contributed by atoms with Crippen LogP contribution in [-0.4, -0.2) is 13.5 Å². The number of anilines is 2. The lowest BCUT2D eigenvalue weighted by molar-refractivity contribution is 0.282. The molecule has 0 aliphatic rings. The number of nitrogens with one attached hydrogen (secondary N) is 1. The summed E-state index contributed by atoms with van der Waals surface area (Å²) in [5.41, 5.74) is 6.82. The Bertz CT molecular complexity index is 738. The van der Waals surface area contributed by atoms with Crippen molar-refractivity contribution < 1.29 is 13.5 Å². The number of hydrogen-bond acceptors (Lipinski definition) is 4. The first kappa shape index (κ1) is 15.9.